The number of nitrogens with zero attached hydrogens (tertiary/aromatic N) is 2. The van der Waals surface area contributed by atoms with E-state index in [2.05, 4.69) is 25.7 Å². The average molecular weight is 959 g/mol. The van der Waals surface area contributed by atoms with Crippen molar-refractivity contribution in [3.63, 3.8) is 0 Å². The number of rotatable bonds is 44. The van der Waals surface area contributed by atoms with Crippen LogP contribution in [0.4, 0.5) is 0 Å². The summed E-state index contributed by atoms with van der Waals surface area (Å²) in [6.07, 6.45) is 34.3. The van der Waals surface area contributed by atoms with Crippen molar-refractivity contribution in [2.24, 2.45) is 5.92 Å². The van der Waals surface area contributed by atoms with E-state index < -0.39 is 0 Å². The van der Waals surface area contributed by atoms with Gasteiger partial charge in [-0.05, 0) is 90.3 Å². The molecule has 10 nitrogen and oxygen atoms in total. The van der Waals surface area contributed by atoms with Gasteiger partial charge in [0.2, 0.25) is 5.91 Å². The molecule has 1 aliphatic rings. The highest BCUT2D eigenvalue weighted by atomic mass is 32.1. The Morgan fingerprint density at radius 2 is 1.07 bits per heavy atom. The van der Waals surface area contributed by atoms with Crippen molar-refractivity contribution in [3.05, 3.63) is 20.9 Å². The van der Waals surface area contributed by atoms with E-state index in [9.17, 15) is 24.0 Å². The van der Waals surface area contributed by atoms with Crippen LogP contribution in [0.1, 0.15) is 258 Å². The van der Waals surface area contributed by atoms with Crippen LogP contribution in [-0.2, 0) is 52.8 Å². The highest BCUT2D eigenvalue weighted by molar-refractivity contribution is 7.12. The first-order chi connectivity index (χ1) is 32.6. The van der Waals surface area contributed by atoms with Gasteiger partial charge in [0.1, 0.15) is 5.78 Å². The summed E-state index contributed by atoms with van der Waals surface area (Å²) < 4.78 is 17.0. The van der Waals surface area contributed by atoms with Crippen molar-refractivity contribution in [2.45, 2.75) is 252 Å². The molecule has 0 fully saturated rings. The van der Waals surface area contributed by atoms with Crippen molar-refractivity contribution < 1.29 is 38.2 Å². The lowest BCUT2D eigenvalue weighted by atomic mass is 9.94. The zero-order valence-electron chi connectivity index (χ0n) is 43.6. The lowest BCUT2D eigenvalue weighted by Crippen LogP contribution is -2.35. The molecule has 0 unspecified atom stereocenters. The summed E-state index contributed by atoms with van der Waals surface area (Å²) in [6.45, 7) is 9.73. The topological polar surface area (TPSA) is 120 Å². The Hall–Kier alpha value is -2.79. The first kappa shape index (κ1) is 60.3. The quantitative estimate of drug-likeness (QED) is 0.0358. The third-order valence-corrected chi connectivity index (χ3v) is 14.6. The van der Waals surface area contributed by atoms with Crippen LogP contribution in [-0.4, -0.2) is 86.4 Å². The molecule has 386 valence electrons. The standard InChI is InChI=1S/C56H98N2O8S/c1-6-9-12-15-18-19-20-23-30-43-64-53(61)37-29-28-35-48(59)38-39-50-54(56(63)66-45-32-41-57(4)5)49-40-42-58(46-51(49)67-50)52(60)36-27-24-31-44-65-55(62)47(33-25-21-16-13-10-7-2)34-26-22-17-14-11-8-3/h47H,6-46H2,1-5H3. The number of fused-ring (bicyclic) bond motifs is 1. The van der Waals surface area contributed by atoms with E-state index in [1.807, 2.05) is 19.0 Å². The van der Waals surface area contributed by atoms with Crippen molar-refractivity contribution in [2.75, 3.05) is 47.0 Å². The highest BCUT2D eigenvalue weighted by Crippen LogP contribution is 2.35. The molecule has 1 aliphatic heterocycles. The van der Waals surface area contributed by atoms with Gasteiger partial charge in [0.25, 0.3) is 0 Å². The molecule has 0 aromatic carbocycles. The van der Waals surface area contributed by atoms with E-state index in [4.69, 9.17) is 14.2 Å². The fourth-order valence-electron chi connectivity index (χ4n) is 9.07. The summed E-state index contributed by atoms with van der Waals surface area (Å²) >= 11 is 1.54. The van der Waals surface area contributed by atoms with Gasteiger partial charge in [0.05, 0.1) is 37.8 Å². The second-order valence-electron chi connectivity index (χ2n) is 19.7. The smallest absolute Gasteiger partial charge is 0.339 e. The number of hydrogen-bond acceptors (Lipinski definition) is 10. The fourth-order valence-corrected chi connectivity index (χ4v) is 10.4. The Kier molecular flexibility index (Phi) is 36.0. The van der Waals surface area contributed by atoms with Gasteiger partial charge in [-0.25, -0.2) is 4.79 Å². The molecular formula is C56H98N2O8S. The van der Waals surface area contributed by atoms with E-state index in [0.29, 0.717) is 89.8 Å². The van der Waals surface area contributed by atoms with Gasteiger partial charge < -0.3 is 24.0 Å². The number of aryl methyl sites for hydroxylation is 1. The minimum absolute atomic E-state index is 0.000684. The van der Waals surface area contributed by atoms with Crippen LogP contribution in [0.15, 0.2) is 0 Å². The molecule has 2 rings (SSSR count). The molecule has 11 heteroatoms. The van der Waals surface area contributed by atoms with Gasteiger partial charge in [-0.3, -0.25) is 19.2 Å². The second kappa shape index (κ2) is 40.0. The second-order valence-corrected chi connectivity index (χ2v) is 20.9. The Morgan fingerprint density at radius 3 is 1.67 bits per heavy atom. The number of Topliss-reactive ketones (excluding diaryl/α,β-unsaturated/α-hetero) is 1. The predicted molar refractivity (Wildman–Crippen MR) is 276 cm³/mol. The fraction of sp³-hybridized carbons (Fsp3) is 0.839. The van der Waals surface area contributed by atoms with Gasteiger partial charge in [-0.2, -0.15) is 0 Å². The minimum atomic E-state index is -0.337. The van der Waals surface area contributed by atoms with Gasteiger partial charge in [-0.15, -0.1) is 11.3 Å². The number of carbonyl (C=O) groups is 5. The third kappa shape index (κ3) is 29.1. The zero-order chi connectivity index (χ0) is 48.7. The molecule has 0 radical (unpaired) electrons. The number of thiophene rings is 1. The van der Waals surface area contributed by atoms with Gasteiger partial charge >= 0.3 is 17.9 Å². The molecule has 1 aromatic rings. The molecule has 0 saturated carbocycles. The van der Waals surface area contributed by atoms with Crippen LogP contribution in [0, 0.1) is 5.92 Å². The maximum Gasteiger partial charge on any atom is 0.339 e. The monoisotopic (exact) mass is 959 g/mol. The predicted octanol–water partition coefficient (Wildman–Crippen LogP) is 14.1. The van der Waals surface area contributed by atoms with E-state index in [1.54, 1.807) is 0 Å². The van der Waals surface area contributed by atoms with E-state index >= 15 is 0 Å². The van der Waals surface area contributed by atoms with Crippen LogP contribution in [0.3, 0.4) is 0 Å². The largest absolute Gasteiger partial charge is 0.466 e. The van der Waals surface area contributed by atoms with Crippen molar-refractivity contribution in [1.82, 2.24) is 9.80 Å². The summed E-state index contributed by atoms with van der Waals surface area (Å²) in [5.74, 6) is -0.336. The molecule has 0 atom stereocenters. The average Bonchev–Trinajstić information content (AvgIpc) is 3.69. The molecule has 0 bridgehead atoms. The molecule has 1 amide bonds. The zero-order valence-corrected chi connectivity index (χ0v) is 44.5. The summed E-state index contributed by atoms with van der Waals surface area (Å²) in [4.78, 5) is 71.3. The number of amides is 1. The van der Waals surface area contributed by atoms with Gasteiger partial charge in [-0.1, -0.05) is 149 Å². The summed E-state index contributed by atoms with van der Waals surface area (Å²) in [5, 5.41) is 0. The molecule has 0 spiro atoms. The van der Waals surface area contributed by atoms with Crippen molar-refractivity contribution in [1.29, 1.82) is 0 Å². The van der Waals surface area contributed by atoms with Gasteiger partial charge in [0.15, 0.2) is 0 Å². The SMILES string of the molecule is CCCCCCCCCCCOC(=O)CCCCC(=O)CCc1sc2c(c1C(=O)OCCCN(C)C)CCN(C(=O)CCCCCOC(=O)C(CCCCCCCC)CCCCCCCC)C2. The summed E-state index contributed by atoms with van der Waals surface area (Å²) in [5.41, 5.74) is 1.55. The molecule has 2 heterocycles. The Balaban J connectivity index is 1.81. The third-order valence-electron chi connectivity index (χ3n) is 13.3. The normalized spacial score (nSPS) is 12.5. The van der Waals surface area contributed by atoms with E-state index in [1.165, 1.54) is 120 Å². The molecule has 0 aliphatic carbocycles. The van der Waals surface area contributed by atoms with E-state index in [-0.39, 0.29) is 35.5 Å². The molecule has 0 saturated heterocycles. The van der Waals surface area contributed by atoms with Crippen LogP contribution < -0.4 is 0 Å². The first-order valence-electron chi connectivity index (χ1n) is 27.7. The molecule has 0 N–H and O–H groups in total. The summed E-state index contributed by atoms with van der Waals surface area (Å²) in [6, 6.07) is 0. The summed E-state index contributed by atoms with van der Waals surface area (Å²) in [7, 11) is 3.98. The van der Waals surface area contributed by atoms with Crippen LogP contribution in [0.5, 0.6) is 0 Å². The molecule has 67 heavy (non-hydrogen) atoms. The number of ether oxygens (including phenoxy) is 3. The lowest BCUT2D eigenvalue weighted by Gasteiger charge is -2.27. The van der Waals surface area contributed by atoms with Crippen molar-refractivity contribution >= 4 is 40.9 Å². The van der Waals surface area contributed by atoms with Gasteiger partial charge in [0, 0.05) is 48.5 Å². The Labute approximate surface area is 413 Å². The van der Waals surface area contributed by atoms with Crippen molar-refractivity contribution in [3.8, 4) is 0 Å². The first-order valence-corrected chi connectivity index (χ1v) is 28.5. The lowest BCUT2D eigenvalue weighted by molar-refractivity contribution is -0.149. The maximum absolute atomic E-state index is 13.6. The molecule has 1 aromatic heterocycles. The number of unbranched alkanes of at least 4 members (excludes halogenated alkanes) is 21. The Morgan fingerprint density at radius 1 is 0.567 bits per heavy atom. The van der Waals surface area contributed by atoms with Crippen LogP contribution >= 0.6 is 11.3 Å². The maximum atomic E-state index is 13.6. The number of esters is 3. The Bertz CT molecular complexity index is 1460. The highest BCUT2D eigenvalue weighted by Gasteiger charge is 2.30. The number of carbonyl (C=O) groups excluding carboxylic acids is 5. The van der Waals surface area contributed by atoms with Crippen LogP contribution in [0.25, 0.3) is 0 Å². The number of hydrogen-bond donors (Lipinski definition) is 0. The minimum Gasteiger partial charge on any atom is -0.466 e. The molecular weight excluding hydrogens is 861 g/mol. The van der Waals surface area contributed by atoms with E-state index in [0.717, 1.165) is 86.1 Å². The number of ketones is 1. The van der Waals surface area contributed by atoms with Crippen LogP contribution in [0.2, 0.25) is 0 Å².